The van der Waals surface area contributed by atoms with Crippen LogP contribution in [0.15, 0.2) is 24.3 Å². The first-order valence-electron chi connectivity index (χ1n) is 4.97. The summed E-state index contributed by atoms with van der Waals surface area (Å²) in [5, 5.41) is 0. The number of halogens is 1. The third-order valence-corrected chi connectivity index (χ3v) is 2.78. The number of hydrogen-bond donors (Lipinski definition) is 1. The van der Waals surface area contributed by atoms with Gasteiger partial charge in [-0.15, -0.1) is 0 Å². The van der Waals surface area contributed by atoms with Gasteiger partial charge in [0.1, 0.15) is 5.82 Å². The molecule has 1 aromatic rings. The van der Waals surface area contributed by atoms with Gasteiger partial charge in [0.2, 0.25) is 5.91 Å². The summed E-state index contributed by atoms with van der Waals surface area (Å²) >= 11 is 0. The van der Waals surface area contributed by atoms with Crippen LogP contribution in [0, 0.1) is 11.7 Å². The molecule has 15 heavy (non-hydrogen) atoms. The van der Waals surface area contributed by atoms with E-state index in [1.54, 1.807) is 18.2 Å². The predicted molar refractivity (Wildman–Crippen MR) is 55.9 cm³/mol. The maximum absolute atomic E-state index is 13.4. The zero-order valence-electron chi connectivity index (χ0n) is 8.32. The van der Waals surface area contributed by atoms with Crippen LogP contribution in [0.4, 0.5) is 10.1 Å². The topological polar surface area (TPSA) is 46.3 Å². The molecule has 1 saturated heterocycles. The molecule has 1 amide bonds. The minimum atomic E-state index is -0.297. The Morgan fingerprint density at radius 3 is 2.80 bits per heavy atom. The molecule has 0 aliphatic carbocycles. The van der Waals surface area contributed by atoms with Gasteiger partial charge in [-0.25, -0.2) is 4.39 Å². The van der Waals surface area contributed by atoms with Gasteiger partial charge >= 0.3 is 0 Å². The third-order valence-electron chi connectivity index (χ3n) is 2.78. The number of nitrogens with zero attached hydrogens (tertiary/aromatic N) is 1. The molecule has 1 aliphatic heterocycles. The summed E-state index contributed by atoms with van der Waals surface area (Å²) in [6, 6.07) is 6.59. The fourth-order valence-electron chi connectivity index (χ4n) is 1.92. The molecule has 1 atom stereocenters. The molecule has 1 aromatic carbocycles. The summed E-state index contributed by atoms with van der Waals surface area (Å²) in [5.74, 6) is -0.693. The van der Waals surface area contributed by atoms with Gasteiger partial charge in [0.15, 0.2) is 0 Å². The van der Waals surface area contributed by atoms with Gasteiger partial charge in [0.25, 0.3) is 0 Å². The van der Waals surface area contributed by atoms with Crippen molar-refractivity contribution in [3.8, 4) is 0 Å². The number of carbonyl (C=O) groups is 1. The second-order valence-corrected chi connectivity index (χ2v) is 3.79. The second-order valence-electron chi connectivity index (χ2n) is 3.79. The molecule has 4 heteroatoms. The molecular weight excluding hydrogens is 195 g/mol. The second kappa shape index (κ2) is 3.88. The Morgan fingerprint density at radius 2 is 2.20 bits per heavy atom. The van der Waals surface area contributed by atoms with Crippen molar-refractivity contribution in [1.29, 1.82) is 0 Å². The number of anilines is 1. The SMILES string of the molecule is NC(=O)C1CCN(c2ccccc2F)C1. The van der Waals surface area contributed by atoms with Crippen LogP contribution >= 0.6 is 0 Å². The van der Waals surface area contributed by atoms with Gasteiger partial charge in [0, 0.05) is 13.1 Å². The van der Waals surface area contributed by atoms with Gasteiger partial charge in [0.05, 0.1) is 11.6 Å². The van der Waals surface area contributed by atoms with Gasteiger partial charge in [-0.05, 0) is 18.6 Å². The van der Waals surface area contributed by atoms with E-state index in [2.05, 4.69) is 0 Å². The van der Waals surface area contributed by atoms with Crippen LogP contribution in [0.3, 0.4) is 0 Å². The maximum Gasteiger partial charge on any atom is 0.222 e. The van der Waals surface area contributed by atoms with Crippen molar-refractivity contribution in [3.05, 3.63) is 30.1 Å². The van der Waals surface area contributed by atoms with Crippen LogP contribution in [-0.4, -0.2) is 19.0 Å². The van der Waals surface area contributed by atoms with Crippen molar-refractivity contribution < 1.29 is 9.18 Å². The quantitative estimate of drug-likeness (QED) is 0.792. The number of nitrogens with two attached hydrogens (primary N) is 1. The Labute approximate surface area is 87.7 Å². The Bertz CT molecular complexity index is 381. The van der Waals surface area contributed by atoms with E-state index in [1.807, 2.05) is 4.90 Å². The van der Waals surface area contributed by atoms with Gasteiger partial charge in [-0.3, -0.25) is 4.79 Å². The third kappa shape index (κ3) is 1.93. The summed E-state index contributed by atoms with van der Waals surface area (Å²) in [6.07, 6.45) is 0.712. The molecule has 0 aromatic heterocycles. The first kappa shape index (κ1) is 9.96. The Hall–Kier alpha value is -1.58. The first-order valence-corrected chi connectivity index (χ1v) is 4.97. The highest BCUT2D eigenvalue weighted by molar-refractivity contribution is 5.78. The van der Waals surface area contributed by atoms with Crippen molar-refractivity contribution in [2.24, 2.45) is 11.7 Å². The highest BCUT2D eigenvalue weighted by Crippen LogP contribution is 2.25. The number of primary amides is 1. The normalized spacial score (nSPS) is 20.6. The Balaban J connectivity index is 2.14. The Kier molecular flexibility index (Phi) is 2.58. The highest BCUT2D eigenvalue weighted by atomic mass is 19.1. The molecule has 0 saturated carbocycles. The van der Waals surface area contributed by atoms with E-state index < -0.39 is 0 Å². The summed E-state index contributed by atoms with van der Waals surface area (Å²) in [6.45, 7) is 1.21. The molecule has 1 heterocycles. The van der Waals surface area contributed by atoms with Gasteiger partial charge in [-0.1, -0.05) is 12.1 Å². The van der Waals surface area contributed by atoms with Crippen molar-refractivity contribution in [1.82, 2.24) is 0 Å². The molecule has 1 unspecified atom stereocenters. The number of rotatable bonds is 2. The average molecular weight is 208 g/mol. The lowest BCUT2D eigenvalue weighted by molar-refractivity contribution is -0.121. The maximum atomic E-state index is 13.4. The van der Waals surface area contributed by atoms with E-state index in [0.29, 0.717) is 25.2 Å². The van der Waals surface area contributed by atoms with Crippen molar-refractivity contribution in [2.75, 3.05) is 18.0 Å². The molecule has 3 nitrogen and oxygen atoms in total. The number of amides is 1. The molecule has 1 aliphatic rings. The van der Waals surface area contributed by atoms with Crippen LogP contribution in [0.5, 0.6) is 0 Å². The zero-order valence-corrected chi connectivity index (χ0v) is 8.32. The lowest BCUT2D eigenvalue weighted by Gasteiger charge is -2.18. The molecule has 2 N–H and O–H groups in total. The van der Waals surface area contributed by atoms with Crippen LogP contribution in [0.25, 0.3) is 0 Å². The zero-order chi connectivity index (χ0) is 10.8. The minimum absolute atomic E-state index is 0.149. The van der Waals surface area contributed by atoms with E-state index >= 15 is 0 Å². The smallest absolute Gasteiger partial charge is 0.222 e. The van der Waals surface area contributed by atoms with E-state index in [9.17, 15) is 9.18 Å². The molecule has 0 spiro atoms. The average Bonchev–Trinajstić information content (AvgIpc) is 2.67. The highest BCUT2D eigenvalue weighted by Gasteiger charge is 2.27. The molecule has 80 valence electrons. The fraction of sp³-hybridized carbons (Fsp3) is 0.364. The molecular formula is C11H13FN2O. The van der Waals surface area contributed by atoms with Crippen molar-refractivity contribution >= 4 is 11.6 Å². The van der Waals surface area contributed by atoms with Crippen LogP contribution < -0.4 is 10.6 Å². The standard InChI is InChI=1S/C11H13FN2O/c12-9-3-1-2-4-10(9)14-6-5-8(7-14)11(13)15/h1-4,8H,5-7H2,(H2,13,15). The number of benzene rings is 1. The van der Waals surface area contributed by atoms with Gasteiger partial charge < -0.3 is 10.6 Å². The van der Waals surface area contributed by atoms with Gasteiger partial charge in [-0.2, -0.15) is 0 Å². The first-order chi connectivity index (χ1) is 7.18. The summed E-state index contributed by atoms with van der Waals surface area (Å²) < 4.78 is 13.4. The van der Waals surface area contributed by atoms with Crippen LogP contribution in [0.2, 0.25) is 0 Å². The number of para-hydroxylation sites is 1. The lowest BCUT2D eigenvalue weighted by atomic mass is 10.1. The van der Waals surface area contributed by atoms with Crippen molar-refractivity contribution in [3.63, 3.8) is 0 Å². The largest absolute Gasteiger partial charge is 0.369 e. The van der Waals surface area contributed by atoms with Crippen molar-refractivity contribution in [2.45, 2.75) is 6.42 Å². The Morgan fingerprint density at radius 1 is 1.47 bits per heavy atom. The van der Waals surface area contributed by atoms with E-state index in [-0.39, 0.29) is 17.6 Å². The molecule has 2 rings (SSSR count). The fourth-order valence-corrected chi connectivity index (χ4v) is 1.92. The van der Waals surface area contributed by atoms with E-state index in [4.69, 9.17) is 5.73 Å². The monoisotopic (exact) mass is 208 g/mol. The number of carbonyl (C=O) groups excluding carboxylic acids is 1. The van der Waals surface area contributed by atoms with Crippen LogP contribution in [0.1, 0.15) is 6.42 Å². The van der Waals surface area contributed by atoms with E-state index in [0.717, 1.165) is 0 Å². The lowest BCUT2D eigenvalue weighted by Crippen LogP contribution is -2.27. The summed E-state index contributed by atoms with van der Waals surface area (Å²) in [4.78, 5) is 12.8. The molecule has 0 bridgehead atoms. The predicted octanol–water partition coefficient (Wildman–Crippen LogP) is 1.14. The molecule has 0 radical (unpaired) electrons. The summed E-state index contributed by atoms with van der Waals surface area (Å²) in [5.41, 5.74) is 5.77. The van der Waals surface area contributed by atoms with E-state index in [1.165, 1.54) is 6.07 Å². The van der Waals surface area contributed by atoms with Crippen LogP contribution in [-0.2, 0) is 4.79 Å². The number of hydrogen-bond acceptors (Lipinski definition) is 2. The molecule has 1 fully saturated rings. The minimum Gasteiger partial charge on any atom is -0.369 e. The summed E-state index contributed by atoms with van der Waals surface area (Å²) in [7, 11) is 0.